The van der Waals surface area contributed by atoms with Gasteiger partial charge in [0.2, 0.25) is 21.8 Å². The Morgan fingerprint density at radius 3 is 2.07 bits per heavy atom. The number of carbonyl (C=O) groups excluding carboxylic acids is 2. The highest BCUT2D eigenvalue weighted by atomic mass is 32.2. The predicted molar refractivity (Wildman–Crippen MR) is 161 cm³/mol. The van der Waals surface area contributed by atoms with Crippen LogP contribution in [0.25, 0.3) is 0 Å². The van der Waals surface area contributed by atoms with Gasteiger partial charge >= 0.3 is 0 Å². The summed E-state index contributed by atoms with van der Waals surface area (Å²) in [5.41, 5.74) is 2.71. The van der Waals surface area contributed by atoms with Crippen molar-refractivity contribution in [2.75, 3.05) is 17.1 Å². The number of halogens is 1. The number of aryl methyl sites for hydroxylation is 1. The maximum atomic E-state index is 13.9. The molecule has 3 aromatic rings. The van der Waals surface area contributed by atoms with Crippen LogP contribution in [0.4, 0.5) is 10.1 Å². The van der Waals surface area contributed by atoms with Crippen LogP contribution < -0.4 is 9.62 Å². The van der Waals surface area contributed by atoms with E-state index in [4.69, 9.17) is 0 Å². The van der Waals surface area contributed by atoms with E-state index in [1.165, 1.54) is 24.3 Å². The van der Waals surface area contributed by atoms with Crippen molar-refractivity contribution in [2.45, 2.75) is 65.1 Å². The Balaban J connectivity index is 1.89. The Morgan fingerprint density at radius 1 is 0.902 bits per heavy atom. The maximum Gasteiger partial charge on any atom is 0.243 e. The van der Waals surface area contributed by atoms with Crippen LogP contribution in [-0.4, -0.2) is 49.5 Å². The standard InChI is InChI=1S/C32H40FN3O4S/c1-24-13-15-26(16-14-24)23-35(29(31(38)34-32(2,3)4)22-25-10-7-6-8-11-25)30(37)12-9-21-36(41(5,39)40)28-19-17-27(33)18-20-28/h6-8,10-11,13-20,29H,9,12,21-23H2,1-5H3,(H,34,38)/t29-/m1/s1. The zero-order chi connectivity index (χ0) is 30.2. The molecule has 0 spiro atoms. The fourth-order valence-corrected chi connectivity index (χ4v) is 5.47. The molecule has 0 saturated heterocycles. The SMILES string of the molecule is Cc1ccc(CN(C(=O)CCCN(c2ccc(F)cc2)S(C)(=O)=O)[C@H](Cc2ccccc2)C(=O)NC(C)(C)C)cc1. The van der Waals surface area contributed by atoms with E-state index >= 15 is 0 Å². The summed E-state index contributed by atoms with van der Waals surface area (Å²) in [5, 5.41) is 3.04. The molecule has 0 aliphatic carbocycles. The summed E-state index contributed by atoms with van der Waals surface area (Å²) in [4.78, 5) is 29.1. The molecule has 2 amide bonds. The number of nitrogens with one attached hydrogen (secondary N) is 1. The van der Waals surface area contributed by atoms with E-state index in [9.17, 15) is 22.4 Å². The molecule has 1 atom stereocenters. The summed E-state index contributed by atoms with van der Waals surface area (Å²) >= 11 is 0. The van der Waals surface area contributed by atoms with Crippen molar-refractivity contribution in [3.8, 4) is 0 Å². The zero-order valence-corrected chi connectivity index (χ0v) is 25.2. The Labute approximate surface area is 243 Å². The molecular formula is C32H40FN3O4S. The molecule has 3 rings (SSSR count). The van der Waals surface area contributed by atoms with Crippen molar-refractivity contribution in [1.82, 2.24) is 10.2 Å². The van der Waals surface area contributed by atoms with Crippen molar-refractivity contribution in [3.05, 3.63) is 101 Å². The van der Waals surface area contributed by atoms with E-state index < -0.39 is 27.4 Å². The van der Waals surface area contributed by atoms with Gasteiger partial charge in [0, 0.05) is 31.5 Å². The monoisotopic (exact) mass is 581 g/mol. The Hall–Kier alpha value is -3.72. The minimum Gasteiger partial charge on any atom is -0.350 e. The van der Waals surface area contributed by atoms with Gasteiger partial charge in [0.1, 0.15) is 11.9 Å². The van der Waals surface area contributed by atoms with Crippen LogP contribution in [0.2, 0.25) is 0 Å². The summed E-state index contributed by atoms with van der Waals surface area (Å²) in [7, 11) is -3.67. The van der Waals surface area contributed by atoms with Crippen molar-refractivity contribution in [3.63, 3.8) is 0 Å². The first-order valence-electron chi connectivity index (χ1n) is 13.7. The second kappa shape index (κ2) is 13.8. The molecule has 0 fully saturated rings. The number of hydrogen-bond acceptors (Lipinski definition) is 4. The molecule has 9 heteroatoms. The molecule has 0 radical (unpaired) electrons. The van der Waals surface area contributed by atoms with Gasteiger partial charge in [-0.3, -0.25) is 13.9 Å². The van der Waals surface area contributed by atoms with Gasteiger partial charge in [-0.05, 0) is 69.5 Å². The number of carbonyl (C=O) groups is 2. The third-order valence-corrected chi connectivity index (χ3v) is 7.70. The first-order valence-corrected chi connectivity index (χ1v) is 15.5. The van der Waals surface area contributed by atoms with E-state index in [1.54, 1.807) is 4.90 Å². The number of hydrogen-bond donors (Lipinski definition) is 1. The average Bonchev–Trinajstić information content (AvgIpc) is 2.89. The smallest absolute Gasteiger partial charge is 0.243 e. The first-order chi connectivity index (χ1) is 19.2. The van der Waals surface area contributed by atoms with Crippen molar-refractivity contribution in [1.29, 1.82) is 0 Å². The molecule has 0 saturated carbocycles. The topological polar surface area (TPSA) is 86.8 Å². The molecule has 0 bridgehead atoms. The van der Waals surface area contributed by atoms with Crippen LogP contribution in [0.15, 0.2) is 78.9 Å². The Morgan fingerprint density at radius 2 is 1.51 bits per heavy atom. The molecule has 0 heterocycles. The van der Waals surface area contributed by atoms with Crippen LogP contribution in [0.1, 0.15) is 50.3 Å². The van der Waals surface area contributed by atoms with E-state index in [0.717, 1.165) is 27.3 Å². The van der Waals surface area contributed by atoms with Gasteiger partial charge in [-0.15, -0.1) is 0 Å². The second-order valence-electron chi connectivity index (χ2n) is 11.4. The molecule has 220 valence electrons. The Bertz CT molecular complexity index is 1400. The number of benzene rings is 3. The number of amides is 2. The molecule has 7 nitrogen and oxygen atoms in total. The summed E-state index contributed by atoms with van der Waals surface area (Å²) in [6.45, 7) is 7.92. The lowest BCUT2D eigenvalue weighted by Crippen LogP contribution is -2.54. The summed E-state index contributed by atoms with van der Waals surface area (Å²) < 4.78 is 39.6. The van der Waals surface area contributed by atoms with Crippen LogP contribution in [-0.2, 0) is 32.6 Å². The summed E-state index contributed by atoms with van der Waals surface area (Å²) in [5.74, 6) is -0.990. The second-order valence-corrected chi connectivity index (χ2v) is 13.3. The number of nitrogens with zero attached hydrogens (tertiary/aromatic N) is 2. The number of sulfonamides is 1. The van der Waals surface area contributed by atoms with Gasteiger partial charge < -0.3 is 10.2 Å². The highest BCUT2D eigenvalue weighted by molar-refractivity contribution is 7.92. The van der Waals surface area contributed by atoms with Gasteiger partial charge in [-0.1, -0.05) is 60.2 Å². The maximum absolute atomic E-state index is 13.9. The third-order valence-electron chi connectivity index (χ3n) is 6.51. The van der Waals surface area contributed by atoms with Crippen LogP contribution in [0.3, 0.4) is 0 Å². The fourth-order valence-electron chi connectivity index (χ4n) is 4.51. The lowest BCUT2D eigenvalue weighted by molar-refractivity contribution is -0.142. The summed E-state index contributed by atoms with van der Waals surface area (Å²) in [6, 6.07) is 21.8. The van der Waals surface area contributed by atoms with Crippen molar-refractivity contribution < 1.29 is 22.4 Å². The number of anilines is 1. The summed E-state index contributed by atoms with van der Waals surface area (Å²) in [6.07, 6.45) is 1.64. The molecule has 0 aliphatic heterocycles. The van der Waals surface area contributed by atoms with Crippen LogP contribution in [0, 0.1) is 12.7 Å². The van der Waals surface area contributed by atoms with E-state index in [-0.39, 0.29) is 37.7 Å². The van der Waals surface area contributed by atoms with Gasteiger partial charge in [0.25, 0.3) is 0 Å². The van der Waals surface area contributed by atoms with Gasteiger partial charge in [0.15, 0.2) is 0 Å². The van der Waals surface area contributed by atoms with Crippen molar-refractivity contribution >= 4 is 27.5 Å². The molecular weight excluding hydrogens is 541 g/mol. The van der Waals surface area contributed by atoms with E-state index in [1.807, 2.05) is 82.3 Å². The largest absolute Gasteiger partial charge is 0.350 e. The van der Waals surface area contributed by atoms with Crippen molar-refractivity contribution in [2.24, 2.45) is 0 Å². The quantitative estimate of drug-likeness (QED) is 0.317. The fraction of sp³-hybridized carbons (Fsp3) is 0.375. The van der Waals surface area contributed by atoms with Crippen LogP contribution >= 0.6 is 0 Å². The molecule has 0 aromatic heterocycles. The lowest BCUT2D eigenvalue weighted by atomic mass is 10.00. The Kier molecular flexibility index (Phi) is 10.7. The molecule has 3 aromatic carbocycles. The highest BCUT2D eigenvalue weighted by Gasteiger charge is 2.32. The molecule has 1 N–H and O–H groups in total. The minimum atomic E-state index is -3.67. The third kappa shape index (κ3) is 10.0. The first kappa shape index (κ1) is 31.8. The molecule has 0 aliphatic rings. The minimum absolute atomic E-state index is 0.0210. The predicted octanol–water partition coefficient (Wildman–Crippen LogP) is 5.24. The average molecular weight is 582 g/mol. The zero-order valence-electron chi connectivity index (χ0n) is 24.4. The number of rotatable bonds is 12. The molecule has 0 unspecified atom stereocenters. The van der Waals surface area contributed by atoms with Gasteiger partial charge in [0.05, 0.1) is 11.9 Å². The lowest BCUT2D eigenvalue weighted by Gasteiger charge is -2.34. The van der Waals surface area contributed by atoms with Gasteiger partial charge in [-0.25, -0.2) is 12.8 Å². The normalized spacial score (nSPS) is 12.4. The highest BCUT2D eigenvalue weighted by Crippen LogP contribution is 2.21. The van der Waals surface area contributed by atoms with E-state index in [0.29, 0.717) is 12.1 Å². The van der Waals surface area contributed by atoms with Gasteiger partial charge in [-0.2, -0.15) is 0 Å². The van der Waals surface area contributed by atoms with E-state index in [2.05, 4.69) is 5.32 Å². The van der Waals surface area contributed by atoms with Crippen LogP contribution in [0.5, 0.6) is 0 Å². The molecule has 41 heavy (non-hydrogen) atoms.